The highest BCUT2D eigenvalue weighted by Gasteiger charge is 2.22. The largest absolute Gasteiger partial charge is 0.345 e. The summed E-state index contributed by atoms with van der Waals surface area (Å²) in [5.41, 5.74) is 3.54. The number of carbonyl (C=O) groups is 1. The maximum Gasteiger partial charge on any atom is 0.226 e. The molecular formula is C19H25N3O. The Kier molecular flexibility index (Phi) is 4.51. The van der Waals surface area contributed by atoms with Gasteiger partial charge in [0.15, 0.2) is 0 Å². The molecule has 0 radical (unpaired) electrons. The zero-order chi connectivity index (χ0) is 16.4. The molecule has 1 amide bonds. The average Bonchev–Trinajstić information content (AvgIpc) is 2.98. The van der Waals surface area contributed by atoms with Crippen molar-refractivity contribution in [1.82, 2.24) is 14.5 Å². The van der Waals surface area contributed by atoms with Gasteiger partial charge in [-0.2, -0.15) is 0 Å². The second-order valence-corrected chi connectivity index (χ2v) is 6.78. The number of amides is 1. The van der Waals surface area contributed by atoms with E-state index in [1.54, 1.807) is 0 Å². The summed E-state index contributed by atoms with van der Waals surface area (Å²) in [6.45, 7) is 5.97. The number of likely N-dealkylation sites (N-methyl/N-ethyl adjacent to an activating group) is 1. The number of hydrogen-bond acceptors (Lipinski definition) is 2. The van der Waals surface area contributed by atoms with E-state index in [0.29, 0.717) is 12.3 Å². The van der Waals surface area contributed by atoms with Crippen molar-refractivity contribution < 1.29 is 4.79 Å². The number of nitrogens with zero attached hydrogens (tertiary/aromatic N) is 3. The average molecular weight is 311 g/mol. The lowest BCUT2D eigenvalue weighted by Crippen LogP contribution is -2.35. The first-order chi connectivity index (χ1) is 11.0. The van der Waals surface area contributed by atoms with Gasteiger partial charge < -0.3 is 9.47 Å². The molecule has 122 valence electrons. The minimum atomic E-state index is 0.201. The zero-order valence-electron chi connectivity index (χ0n) is 14.2. The predicted octanol–water partition coefficient (Wildman–Crippen LogP) is 2.76. The fraction of sp³-hybridized carbons (Fsp3) is 0.474. The second kappa shape index (κ2) is 6.57. The van der Waals surface area contributed by atoms with E-state index in [1.165, 1.54) is 11.1 Å². The molecule has 1 aliphatic heterocycles. The van der Waals surface area contributed by atoms with Gasteiger partial charge in [0.25, 0.3) is 0 Å². The van der Waals surface area contributed by atoms with Crippen LogP contribution < -0.4 is 0 Å². The first-order valence-electron chi connectivity index (χ1n) is 8.33. The Balaban J connectivity index is 1.59. The van der Waals surface area contributed by atoms with Crippen molar-refractivity contribution in [3.8, 4) is 0 Å². The molecule has 1 aromatic heterocycles. The molecule has 23 heavy (non-hydrogen) atoms. The van der Waals surface area contributed by atoms with Crippen LogP contribution in [0.25, 0.3) is 0 Å². The van der Waals surface area contributed by atoms with Crippen molar-refractivity contribution in [2.75, 3.05) is 13.6 Å². The van der Waals surface area contributed by atoms with Crippen molar-refractivity contribution in [3.05, 3.63) is 53.1 Å². The molecule has 0 aliphatic carbocycles. The minimum absolute atomic E-state index is 0.201. The quantitative estimate of drug-likeness (QED) is 0.871. The monoisotopic (exact) mass is 311 g/mol. The van der Waals surface area contributed by atoms with Crippen LogP contribution in [0.2, 0.25) is 0 Å². The molecule has 0 saturated heterocycles. The predicted molar refractivity (Wildman–Crippen MR) is 91.3 cm³/mol. The molecule has 0 bridgehead atoms. The van der Waals surface area contributed by atoms with Gasteiger partial charge in [-0.25, -0.2) is 4.98 Å². The van der Waals surface area contributed by atoms with Crippen LogP contribution in [-0.2, 0) is 24.2 Å². The lowest BCUT2D eigenvalue weighted by Gasteiger charge is -2.28. The van der Waals surface area contributed by atoms with Crippen LogP contribution >= 0.6 is 0 Å². The summed E-state index contributed by atoms with van der Waals surface area (Å²) in [4.78, 5) is 18.9. The van der Waals surface area contributed by atoms with Gasteiger partial charge in [-0.1, -0.05) is 23.8 Å². The lowest BCUT2D eigenvalue weighted by molar-refractivity contribution is -0.129. The molecule has 1 aliphatic rings. The van der Waals surface area contributed by atoms with Gasteiger partial charge in [0.1, 0.15) is 5.82 Å². The number of rotatable bonds is 4. The van der Waals surface area contributed by atoms with E-state index in [4.69, 9.17) is 0 Å². The van der Waals surface area contributed by atoms with E-state index >= 15 is 0 Å². The molecule has 0 fully saturated rings. The number of benzene rings is 1. The fourth-order valence-electron chi connectivity index (χ4n) is 3.35. The zero-order valence-corrected chi connectivity index (χ0v) is 14.2. The SMILES string of the molecule is Cc1ccc(C)c(CC(=O)N(C)C[C@@H]2CCn3ccnc3C2)c1. The Morgan fingerprint density at radius 2 is 2.22 bits per heavy atom. The van der Waals surface area contributed by atoms with Crippen LogP contribution in [0.3, 0.4) is 0 Å². The third kappa shape index (κ3) is 3.63. The Hall–Kier alpha value is -2.10. The van der Waals surface area contributed by atoms with Gasteiger partial charge in [0.05, 0.1) is 6.42 Å². The molecule has 1 aromatic carbocycles. The smallest absolute Gasteiger partial charge is 0.226 e. The number of hydrogen-bond donors (Lipinski definition) is 0. The van der Waals surface area contributed by atoms with Crippen molar-refractivity contribution in [3.63, 3.8) is 0 Å². The van der Waals surface area contributed by atoms with Crippen molar-refractivity contribution in [1.29, 1.82) is 0 Å². The lowest BCUT2D eigenvalue weighted by atomic mass is 9.96. The summed E-state index contributed by atoms with van der Waals surface area (Å²) >= 11 is 0. The van der Waals surface area contributed by atoms with Gasteiger partial charge in [-0.3, -0.25) is 4.79 Å². The topological polar surface area (TPSA) is 38.1 Å². The minimum Gasteiger partial charge on any atom is -0.345 e. The summed E-state index contributed by atoms with van der Waals surface area (Å²) in [5.74, 6) is 1.86. The summed E-state index contributed by atoms with van der Waals surface area (Å²) < 4.78 is 2.22. The fourth-order valence-corrected chi connectivity index (χ4v) is 3.35. The van der Waals surface area contributed by atoms with E-state index in [2.05, 4.69) is 41.6 Å². The van der Waals surface area contributed by atoms with Crippen LogP contribution in [0.5, 0.6) is 0 Å². The molecule has 1 atom stereocenters. The molecular weight excluding hydrogens is 286 g/mol. The van der Waals surface area contributed by atoms with Gasteiger partial charge in [0.2, 0.25) is 5.91 Å². The van der Waals surface area contributed by atoms with Crippen LogP contribution in [0.4, 0.5) is 0 Å². The van der Waals surface area contributed by atoms with Crippen molar-refractivity contribution in [2.24, 2.45) is 5.92 Å². The molecule has 4 heteroatoms. The molecule has 0 spiro atoms. The summed E-state index contributed by atoms with van der Waals surface area (Å²) in [7, 11) is 1.93. The normalized spacial score (nSPS) is 16.9. The second-order valence-electron chi connectivity index (χ2n) is 6.78. The Bertz CT molecular complexity index is 704. The maximum absolute atomic E-state index is 12.6. The van der Waals surface area contributed by atoms with Crippen LogP contribution in [-0.4, -0.2) is 34.0 Å². The number of aryl methyl sites for hydroxylation is 3. The highest BCUT2D eigenvalue weighted by Crippen LogP contribution is 2.20. The number of fused-ring (bicyclic) bond motifs is 1. The Morgan fingerprint density at radius 3 is 3.04 bits per heavy atom. The van der Waals surface area contributed by atoms with Crippen LogP contribution in [0.1, 0.15) is 28.9 Å². The molecule has 0 unspecified atom stereocenters. The molecule has 0 saturated carbocycles. The number of carbonyl (C=O) groups excluding carboxylic acids is 1. The van der Waals surface area contributed by atoms with Gasteiger partial charge >= 0.3 is 0 Å². The third-order valence-corrected chi connectivity index (χ3v) is 4.86. The molecule has 2 heterocycles. The standard InChI is InChI=1S/C19H25N3O/c1-14-4-5-15(2)17(10-14)12-19(23)21(3)13-16-6-8-22-9-7-20-18(22)11-16/h4-5,7,9-10,16H,6,8,11-13H2,1-3H3/t16-/m1/s1. The first kappa shape index (κ1) is 15.8. The van der Waals surface area contributed by atoms with Gasteiger partial charge in [-0.05, 0) is 37.3 Å². The van der Waals surface area contributed by atoms with Crippen LogP contribution in [0.15, 0.2) is 30.6 Å². The van der Waals surface area contributed by atoms with E-state index in [-0.39, 0.29) is 5.91 Å². The van der Waals surface area contributed by atoms with E-state index in [0.717, 1.165) is 37.3 Å². The van der Waals surface area contributed by atoms with E-state index in [1.807, 2.05) is 24.3 Å². The van der Waals surface area contributed by atoms with E-state index < -0.39 is 0 Å². The third-order valence-electron chi connectivity index (χ3n) is 4.86. The Labute approximate surface area is 138 Å². The van der Waals surface area contributed by atoms with Gasteiger partial charge in [0, 0.05) is 39.0 Å². The van der Waals surface area contributed by atoms with Crippen LogP contribution in [0, 0.1) is 19.8 Å². The molecule has 3 rings (SSSR count). The Morgan fingerprint density at radius 1 is 1.39 bits per heavy atom. The number of aromatic nitrogens is 2. The summed E-state index contributed by atoms with van der Waals surface area (Å²) in [6.07, 6.45) is 6.48. The number of imidazole rings is 1. The van der Waals surface area contributed by atoms with Crippen molar-refractivity contribution in [2.45, 2.75) is 39.7 Å². The highest BCUT2D eigenvalue weighted by molar-refractivity contribution is 5.79. The first-order valence-corrected chi connectivity index (χ1v) is 8.33. The van der Waals surface area contributed by atoms with Crippen molar-refractivity contribution >= 4 is 5.91 Å². The molecule has 4 nitrogen and oxygen atoms in total. The molecule has 2 aromatic rings. The van der Waals surface area contributed by atoms with Gasteiger partial charge in [-0.15, -0.1) is 0 Å². The van der Waals surface area contributed by atoms with E-state index in [9.17, 15) is 4.79 Å². The highest BCUT2D eigenvalue weighted by atomic mass is 16.2. The summed E-state index contributed by atoms with van der Waals surface area (Å²) in [5, 5.41) is 0. The molecule has 0 N–H and O–H groups in total. The maximum atomic E-state index is 12.6. The summed E-state index contributed by atoms with van der Waals surface area (Å²) in [6, 6.07) is 6.31.